The lowest BCUT2D eigenvalue weighted by atomic mass is 10.2. The smallest absolute Gasteiger partial charge is 0.163 e. The Bertz CT molecular complexity index is 795. The fourth-order valence-corrected chi connectivity index (χ4v) is 2.42. The molecule has 23 heavy (non-hydrogen) atoms. The average molecular weight is 329 g/mol. The minimum atomic E-state index is 0.616. The Morgan fingerprint density at radius 3 is 2.91 bits per heavy atom. The highest BCUT2D eigenvalue weighted by molar-refractivity contribution is 6.31. The first kappa shape index (κ1) is 15.6. The van der Waals surface area contributed by atoms with E-state index in [1.54, 1.807) is 12.4 Å². The van der Waals surface area contributed by atoms with Gasteiger partial charge in [-0.15, -0.1) is 0 Å². The van der Waals surface area contributed by atoms with Crippen LogP contribution in [0, 0.1) is 0 Å². The molecule has 0 aliphatic heterocycles. The van der Waals surface area contributed by atoms with Crippen molar-refractivity contribution >= 4 is 28.3 Å². The lowest BCUT2D eigenvalue weighted by molar-refractivity contribution is 0.158. The molecule has 0 saturated heterocycles. The predicted molar refractivity (Wildman–Crippen MR) is 92.8 cm³/mol. The number of ether oxygens (including phenoxy) is 1. The monoisotopic (exact) mass is 328 g/mol. The van der Waals surface area contributed by atoms with Crippen LogP contribution >= 0.6 is 11.6 Å². The van der Waals surface area contributed by atoms with E-state index in [1.165, 1.54) is 0 Å². The molecule has 0 atom stereocenters. The Kier molecular flexibility index (Phi) is 5.00. The maximum absolute atomic E-state index is 6.11. The van der Waals surface area contributed by atoms with E-state index in [-0.39, 0.29) is 0 Å². The zero-order chi connectivity index (χ0) is 16.1. The molecule has 6 heteroatoms. The molecule has 2 heterocycles. The molecule has 3 rings (SSSR count). The molecular weight excluding hydrogens is 312 g/mol. The third kappa shape index (κ3) is 3.75. The Morgan fingerprint density at radius 1 is 1.22 bits per heavy atom. The van der Waals surface area contributed by atoms with Gasteiger partial charge in [0.25, 0.3) is 0 Å². The van der Waals surface area contributed by atoms with Crippen LogP contribution in [-0.2, 0) is 4.74 Å². The second kappa shape index (κ2) is 7.35. The first-order valence-corrected chi connectivity index (χ1v) is 7.85. The third-order valence-corrected chi connectivity index (χ3v) is 3.56. The van der Waals surface area contributed by atoms with Crippen molar-refractivity contribution in [3.05, 3.63) is 47.7 Å². The van der Waals surface area contributed by atoms with E-state index in [9.17, 15) is 0 Å². The van der Waals surface area contributed by atoms with Crippen molar-refractivity contribution in [2.24, 2.45) is 0 Å². The van der Waals surface area contributed by atoms with Crippen LogP contribution in [0.3, 0.4) is 0 Å². The summed E-state index contributed by atoms with van der Waals surface area (Å²) >= 11 is 6.11. The Labute approximate surface area is 139 Å². The molecule has 0 spiro atoms. The number of halogens is 1. The maximum atomic E-state index is 6.11. The van der Waals surface area contributed by atoms with Crippen LogP contribution in [0.1, 0.15) is 6.92 Å². The van der Waals surface area contributed by atoms with Crippen molar-refractivity contribution in [1.82, 2.24) is 15.0 Å². The Hall–Kier alpha value is -2.24. The summed E-state index contributed by atoms with van der Waals surface area (Å²) in [4.78, 5) is 13.4. The second-order valence-corrected chi connectivity index (χ2v) is 5.36. The van der Waals surface area contributed by atoms with Gasteiger partial charge in [-0.25, -0.2) is 9.97 Å². The standard InChI is InChI=1S/C17H17ClN4O/c1-2-23-9-8-20-17-14-10-13(18)5-6-15(14)21-16(22-17)12-4-3-7-19-11-12/h3-7,10-11H,2,8-9H2,1H3,(H,20,21,22). The summed E-state index contributed by atoms with van der Waals surface area (Å²) in [7, 11) is 0. The van der Waals surface area contributed by atoms with Crippen molar-refractivity contribution in [1.29, 1.82) is 0 Å². The van der Waals surface area contributed by atoms with Gasteiger partial charge in [0.2, 0.25) is 0 Å². The minimum absolute atomic E-state index is 0.616. The molecule has 0 aliphatic carbocycles. The molecule has 0 amide bonds. The fourth-order valence-electron chi connectivity index (χ4n) is 2.25. The Balaban J connectivity index is 2.01. The number of fused-ring (bicyclic) bond motifs is 1. The van der Waals surface area contributed by atoms with Crippen LogP contribution in [-0.4, -0.2) is 34.7 Å². The summed E-state index contributed by atoms with van der Waals surface area (Å²) < 4.78 is 5.36. The van der Waals surface area contributed by atoms with Crippen molar-refractivity contribution in [3.63, 3.8) is 0 Å². The van der Waals surface area contributed by atoms with Gasteiger partial charge in [-0.1, -0.05) is 11.6 Å². The highest BCUT2D eigenvalue weighted by Gasteiger charge is 2.10. The van der Waals surface area contributed by atoms with Crippen molar-refractivity contribution in [2.75, 3.05) is 25.1 Å². The van der Waals surface area contributed by atoms with E-state index >= 15 is 0 Å². The summed E-state index contributed by atoms with van der Waals surface area (Å²) in [6, 6.07) is 9.40. The highest BCUT2D eigenvalue weighted by atomic mass is 35.5. The van der Waals surface area contributed by atoms with Crippen LogP contribution in [0.5, 0.6) is 0 Å². The molecule has 2 aromatic heterocycles. The van der Waals surface area contributed by atoms with E-state index in [4.69, 9.17) is 16.3 Å². The number of hydrogen-bond donors (Lipinski definition) is 1. The molecule has 0 saturated carbocycles. The van der Waals surface area contributed by atoms with Gasteiger partial charge in [0, 0.05) is 41.5 Å². The first-order valence-electron chi connectivity index (χ1n) is 7.47. The normalized spacial score (nSPS) is 10.9. The van der Waals surface area contributed by atoms with Gasteiger partial charge in [-0.2, -0.15) is 0 Å². The molecule has 1 N–H and O–H groups in total. The number of benzene rings is 1. The lowest BCUT2D eigenvalue weighted by Gasteiger charge is -2.11. The molecule has 0 unspecified atom stereocenters. The van der Waals surface area contributed by atoms with Crippen molar-refractivity contribution in [3.8, 4) is 11.4 Å². The number of aromatic nitrogens is 3. The van der Waals surface area contributed by atoms with Gasteiger partial charge < -0.3 is 10.1 Å². The van der Waals surface area contributed by atoms with Gasteiger partial charge in [-0.3, -0.25) is 4.98 Å². The van der Waals surface area contributed by atoms with Crippen LogP contribution in [0.4, 0.5) is 5.82 Å². The van der Waals surface area contributed by atoms with E-state index in [0.29, 0.717) is 30.6 Å². The molecule has 0 aliphatic rings. The number of nitrogens with one attached hydrogen (secondary N) is 1. The number of rotatable bonds is 6. The molecular formula is C17H17ClN4O. The number of anilines is 1. The largest absolute Gasteiger partial charge is 0.380 e. The summed E-state index contributed by atoms with van der Waals surface area (Å²) in [6.07, 6.45) is 3.48. The Morgan fingerprint density at radius 2 is 2.13 bits per heavy atom. The molecule has 118 valence electrons. The second-order valence-electron chi connectivity index (χ2n) is 4.92. The number of pyridine rings is 1. The van der Waals surface area contributed by atoms with Gasteiger partial charge in [0.15, 0.2) is 5.82 Å². The number of nitrogens with zero attached hydrogens (tertiary/aromatic N) is 3. The highest BCUT2D eigenvalue weighted by Crippen LogP contribution is 2.27. The molecule has 0 radical (unpaired) electrons. The molecule has 5 nitrogen and oxygen atoms in total. The van der Waals surface area contributed by atoms with Crippen molar-refractivity contribution < 1.29 is 4.74 Å². The average Bonchev–Trinajstić information content (AvgIpc) is 2.59. The van der Waals surface area contributed by atoms with E-state index in [2.05, 4.69) is 20.3 Å². The fraction of sp³-hybridized carbons (Fsp3) is 0.235. The zero-order valence-electron chi connectivity index (χ0n) is 12.8. The van der Waals surface area contributed by atoms with Crippen LogP contribution < -0.4 is 5.32 Å². The van der Waals surface area contributed by atoms with Crippen LogP contribution in [0.2, 0.25) is 5.02 Å². The summed E-state index contributed by atoms with van der Waals surface area (Å²) in [5.41, 5.74) is 1.71. The van der Waals surface area contributed by atoms with E-state index in [1.807, 2.05) is 37.3 Å². The van der Waals surface area contributed by atoms with Gasteiger partial charge in [0.05, 0.1) is 12.1 Å². The molecule has 0 fully saturated rings. The zero-order valence-corrected chi connectivity index (χ0v) is 13.5. The predicted octanol–water partition coefficient (Wildman–Crippen LogP) is 3.79. The van der Waals surface area contributed by atoms with E-state index in [0.717, 1.165) is 22.3 Å². The lowest BCUT2D eigenvalue weighted by Crippen LogP contribution is -2.11. The quantitative estimate of drug-likeness (QED) is 0.697. The SMILES string of the molecule is CCOCCNc1nc(-c2cccnc2)nc2ccc(Cl)cc12. The summed E-state index contributed by atoms with van der Waals surface area (Å²) in [6.45, 7) is 3.95. The first-order chi connectivity index (χ1) is 11.3. The molecule has 0 bridgehead atoms. The van der Waals surface area contributed by atoms with Crippen LogP contribution in [0.15, 0.2) is 42.7 Å². The summed E-state index contributed by atoms with van der Waals surface area (Å²) in [5, 5.41) is 4.85. The maximum Gasteiger partial charge on any atom is 0.163 e. The number of hydrogen-bond acceptors (Lipinski definition) is 5. The molecule has 3 aromatic rings. The third-order valence-electron chi connectivity index (χ3n) is 3.32. The van der Waals surface area contributed by atoms with Crippen LogP contribution in [0.25, 0.3) is 22.3 Å². The van der Waals surface area contributed by atoms with Crippen molar-refractivity contribution in [2.45, 2.75) is 6.92 Å². The summed E-state index contributed by atoms with van der Waals surface area (Å²) in [5.74, 6) is 1.38. The minimum Gasteiger partial charge on any atom is -0.380 e. The van der Waals surface area contributed by atoms with Gasteiger partial charge >= 0.3 is 0 Å². The van der Waals surface area contributed by atoms with E-state index < -0.39 is 0 Å². The van der Waals surface area contributed by atoms with Gasteiger partial charge in [-0.05, 0) is 37.3 Å². The topological polar surface area (TPSA) is 59.9 Å². The van der Waals surface area contributed by atoms with Gasteiger partial charge in [0.1, 0.15) is 5.82 Å². The molecule has 1 aromatic carbocycles.